The molecular formula is C18H19N5O2S. The van der Waals surface area contributed by atoms with Gasteiger partial charge in [-0.3, -0.25) is 0 Å². The smallest absolute Gasteiger partial charge is 0.405 e. The molecule has 1 atom stereocenters. The molecule has 3 N–H and O–H groups in total. The first-order chi connectivity index (χ1) is 12.4. The number of nitrogens with two attached hydrogens (primary N) is 1. The molecule has 0 spiro atoms. The van der Waals surface area contributed by atoms with Crippen molar-refractivity contribution in [2.45, 2.75) is 49.1 Å². The van der Waals surface area contributed by atoms with Crippen molar-refractivity contribution in [3.05, 3.63) is 40.8 Å². The molecule has 0 saturated heterocycles. The highest BCUT2D eigenvalue weighted by molar-refractivity contribution is 7.99. The van der Waals surface area contributed by atoms with Gasteiger partial charge in [0.25, 0.3) is 0 Å². The molecule has 7 nitrogen and oxygen atoms in total. The molecule has 0 bridgehead atoms. The van der Waals surface area contributed by atoms with Crippen LogP contribution in [0.15, 0.2) is 28.1 Å². The number of primary amides is 1. The number of rotatable bonds is 6. The predicted molar refractivity (Wildman–Crippen MR) is 96.4 cm³/mol. The maximum atomic E-state index is 11.1. The van der Waals surface area contributed by atoms with Gasteiger partial charge in [0, 0.05) is 4.90 Å². The first kappa shape index (κ1) is 19.4. The summed E-state index contributed by atoms with van der Waals surface area (Å²) in [5.74, 6) is 0.675. The normalized spacial score (nSPS) is 11.6. The van der Waals surface area contributed by atoms with Gasteiger partial charge in [-0.1, -0.05) is 32.5 Å². The Bertz CT molecular complexity index is 860. The minimum atomic E-state index is -0.853. The summed E-state index contributed by atoms with van der Waals surface area (Å²) in [5, 5.41) is 19.0. The third kappa shape index (κ3) is 4.56. The zero-order chi connectivity index (χ0) is 19.3. The van der Waals surface area contributed by atoms with E-state index in [1.807, 2.05) is 20.8 Å². The molecule has 1 amide bonds. The number of hydrogen-bond donors (Lipinski definition) is 2. The Morgan fingerprint density at radius 1 is 1.31 bits per heavy atom. The summed E-state index contributed by atoms with van der Waals surface area (Å²) < 4.78 is 5.11. The molecule has 2 rings (SSSR count). The Labute approximate surface area is 156 Å². The van der Waals surface area contributed by atoms with Crippen LogP contribution in [0.2, 0.25) is 0 Å². The van der Waals surface area contributed by atoms with Crippen molar-refractivity contribution in [2.24, 2.45) is 5.73 Å². The van der Waals surface area contributed by atoms with E-state index in [9.17, 15) is 4.79 Å². The number of H-pyrrole nitrogens is 1. The molecule has 26 heavy (non-hydrogen) atoms. The van der Waals surface area contributed by atoms with E-state index in [0.717, 1.165) is 10.6 Å². The van der Waals surface area contributed by atoms with Crippen molar-refractivity contribution in [3.63, 3.8) is 0 Å². The number of nitrogens with zero attached hydrogens (tertiary/aromatic N) is 3. The first-order valence-electron chi connectivity index (χ1n) is 8.06. The molecule has 1 heterocycles. The van der Waals surface area contributed by atoms with Crippen molar-refractivity contribution >= 4 is 17.9 Å². The topological polar surface area (TPSA) is 129 Å². The second-order valence-corrected chi connectivity index (χ2v) is 6.96. The number of ether oxygens (including phenoxy) is 1. The molecule has 0 aliphatic rings. The minimum Gasteiger partial charge on any atom is -0.438 e. The third-order valence-electron chi connectivity index (χ3n) is 3.61. The van der Waals surface area contributed by atoms with Gasteiger partial charge in [0.05, 0.1) is 29.0 Å². The molecular weight excluding hydrogens is 350 g/mol. The number of imidazole rings is 1. The van der Waals surface area contributed by atoms with E-state index >= 15 is 0 Å². The number of amides is 1. The number of aromatic nitrogens is 2. The van der Waals surface area contributed by atoms with Gasteiger partial charge < -0.3 is 15.5 Å². The Morgan fingerprint density at radius 3 is 2.38 bits per heavy atom. The van der Waals surface area contributed by atoms with E-state index < -0.39 is 12.2 Å². The number of nitriles is 2. The standard InChI is InChI=1S/C18H19N5O2S/c1-4-14(25-18(21)24)16-22-15(10(2)3)17(23-16)26-13-6-11(8-19)5-12(7-13)9-20/h5-7,10,14H,4H2,1-3H3,(H2,21,24)(H,22,23). The molecule has 1 aromatic heterocycles. The summed E-state index contributed by atoms with van der Waals surface area (Å²) in [6, 6.07) is 9.07. The average molecular weight is 369 g/mol. The number of carbonyl (C=O) groups is 1. The van der Waals surface area contributed by atoms with Crippen LogP contribution in [-0.4, -0.2) is 16.1 Å². The fraction of sp³-hybridized carbons (Fsp3) is 0.333. The lowest BCUT2D eigenvalue weighted by Gasteiger charge is -2.11. The van der Waals surface area contributed by atoms with Crippen molar-refractivity contribution in [3.8, 4) is 12.1 Å². The van der Waals surface area contributed by atoms with Crippen LogP contribution in [-0.2, 0) is 4.74 Å². The average Bonchev–Trinajstić information content (AvgIpc) is 3.02. The van der Waals surface area contributed by atoms with E-state index in [1.54, 1.807) is 12.1 Å². The lowest BCUT2D eigenvalue weighted by molar-refractivity contribution is 0.0993. The van der Waals surface area contributed by atoms with Gasteiger partial charge in [0.15, 0.2) is 6.10 Å². The summed E-state index contributed by atoms with van der Waals surface area (Å²) in [6.07, 6.45) is -0.881. The van der Waals surface area contributed by atoms with E-state index in [2.05, 4.69) is 22.1 Å². The highest BCUT2D eigenvalue weighted by Gasteiger charge is 2.22. The summed E-state index contributed by atoms with van der Waals surface area (Å²) in [6.45, 7) is 5.90. The van der Waals surface area contributed by atoms with E-state index in [1.165, 1.54) is 17.8 Å². The molecule has 1 aromatic carbocycles. The van der Waals surface area contributed by atoms with Crippen molar-refractivity contribution < 1.29 is 9.53 Å². The molecule has 0 aliphatic heterocycles. The van der Waals surface area contributed by atoms with Gasteiger partial charge in [-0.05, 0) is 30.5 Å². The molecule has 0 fully saturated rings. The molecule has 0 aliphatic carbocycles. The maximum absolute atomic E-state index is 11.1. The van der Waals surface area contributed by atoms with E-state index in [-0.39, 0.29) is 5.92 Å². The number of nitrogens with one attached hydrogen (secondary N) is 1. The number of benzene rings is 1. The van der Waals surface area contributed by atoms with Crippen molar-refractivity contribution in [1.82, 2.24) is 9.97 Å². The van der Waals surface area contributed by atoms with Crippen LogP contribution in [0.25, 0.3) is 0 Å². The molecule has 0 saturated carbocycles. The highest BCUT2D eigenvalue weighted by atomic mass is 32.2. The molecule has 134 valence electrons. The Hall–Kier alpha value is -2.97. The number of carbonyl (C=O) groups excluding carboxylic acids is 1. The van der Waals surface area contributed by atoms with Gasteiger partial charge >= 0.3 is 6.09 Å². The van der Waals surface area contributed by atoms with Gasteiger partial charge in [-0.2, -0.15) is 10.5 Å². The summed E-state index contributed by atoms with van der Waals surface area (Å²) in [7, 11) is 0. The SMILES string of the molecule is CCC(OC(N)=O)c1nc(Sc2cc(C#N)cc(C#N)c2)c(C(C)C)[nH]1. The fourth-order valence-electron chi connectivity index (χ4n) is 2.38. The lowest BCUT2D eigenvalue weighted by atomic mass is 10.1. The van der Waals surface area contributed by atoms with Crippen molar-refractivity contribution in [1.29, 1.82) is 10.5 Å². The molecule has 1 unspecified atom stereocenters. The van der Waals surface area contributed by atoms with Crippen LogP contribution in [0, 0.1) is 22.7 Å². The third-order valence-corrected chi connectivity index (χ3v) is 4.58. The Morgan fingerprint density at radius 2 is 1.92 bits per heavy atom. The van der Waals surface area contributed by atoms with E-state index in [4.69, 9.17) is 21.0 Å². The van der Waals surface area contributed by atoms with Gasteiger partial charge in [0.1, 0.15) is 10.9 Å². The number of aromatic amines is 1. The van der Waals surface area contributed by atoms with Gasteiger partial charge in [-0.15, -0.1) is 0 Å². The van der Waals surface area contributed by atoms with Crippen LogP contribution < -0.4 is 5.73 Å². The molecule has 0 radical (unpaired) electrons. The Kier molecular flexibility index (Phi) is 6.26. The summed E-state index contributed by atoms with van der Waals surface area (Å²) >= 11 is 1.35. The molecule has 2 aromatic rings. The van der Waals surface area contributed by atoms with Crippen molar-refractivity contribution in [2.75, 3.05) is 0 Å². The maximum Gasteiger partial charge on any atom is 0.405 e. The first-order valence-corrected chi connectivity index (χ1v) is 8.88. The zero-order valence-electron chi connectivity index (χ0n) is 14.7. The lowest BCUT2D eigenvalue weighted by Crippen LogP contribution is -2.17. The largest absolute Gasteiger partial charge is 0.438 e. The number of hydrogen-bond acceptors (Lipinski definition) is 6. The minimum absolute atomic E-state index is 0.152. The predicted octanol–water partition coefficient (Wildman–Crippen LogP) is 3.97. The quantitative estimate of drug-likeness (QED) is 0.792. The van der Waals surface area contributed by atoms with Crippen LogP contribution >= 0.6 is 11.8 Å². The highest BCUT2D eigenvalue weighted by Crippen LogP contribution is 2.35. The van der Waals surface area contributed by atoms with E-state index in [0.29, 0.717) is 28.4 Å². The van der Waals surface area contributed by atoms with Gasteiger partial charge in [-0.25, -0.2) is 9.78 Å². The van der Waals surface area contributed by atoms with Crippen LogP contribution in [0.5, 0.6) is 0 Å². The van der Waals surface area contributed by atoms with Crippen LogP contribution in [0.3, 0.4) is 0 Å². The zero-order valence-corrected chi connectivity index (χ0v) is 15.6. The Balaban J connectivity index is 2.42. The van der Waals surface area contributed by atoms with Gasteiger partial charge in [0.2, 0.25) is 0 Å². The monoisotopic (exact) mass is 369 g/mol. The van der Waals surface area contributed by atoms with Crippen LogP contribution in [0.1, 0.15) is 61.9 Å². The van der Waals surface area contributed by atoms with Crippen LogP contribution in [0.4, 0.5) is 4.79 Å². The second kappa shape index (κ2) is 8.41. The fourth-order valence-corrected chi connectivity index (χ4v) is 3.52. The molecule has 8 heteroatoms. The summed E-state index contributed by atoms with van der Waals surface area (Å²) in [5.41, 5.74) is 6.84. The second-order valence-electron chi connectivity index (χ2n) is 5.90. The summed E-state index contributed by atoms with van der Waals surface area (Å²) in [4.78, 5) is 19.6.